The van der Waals surface area contributed by atoms with Gasteiger partial charge >= 0.3 is 0 Å². The van der Waals surface area contributed by atoms with E-state index in [1.54, 1.807) is 19.1 Å². The van der Waals surface area contributed by atoms with E-state index in [-0.39, 0.29) is 11.7 Å². The van der Waals surface area contributed by atoms with E-state index >= 15 is 0 Å². The molecule has 3 aromatic rings. The number of hydrogen-bond donors (Lipinski definition) is 1. The molecule has 2 heterocycles. The SMILES string of the molecule is CC(=O)N1CCN(c2ncnc3cc(-c4cc(O)ccc4Cl)c(Cl)cc23)CC1. The first-order valence-electron chi connectivity index (χ1n) is 8.87. The van der Waals surface area contributed by atoms with Gasteiger partial charge in [0.1, 0.15) is 17.9 Å². The van der Waals surface area contributed by atoms with E-state index < -0.39 is 0 Å². The van der Waals surface area contributed by atoms with Gasteiger partial charge in [-0.3, -0.25) is 4.79 Å². The van der Waals surface area contributed by atoms with Crippen LogP contribution in [0.2, 0.25) is 10.0 Å². The van der Waals surface area contributed by atoms with E-state index in [0.717, 1.165) is 16.7 Å². The van der Waals surface area contributed by atoms with E-state index in [9.17, 15) is 9.90 Å². The Hall–Kier alpha value is -2.57. The van der Waals surface area contributed by atoms with Crippen molar-refractivity contribution in [2.45, 2.75) is 6.92 Å². The number of phenols is 1. The highest BCUT2D eigenvalue weighted by molar-refractivity contribution is 6.37. The molecular formula is C20H18Cl2N4O2. The number of nitrogens with zero attached hydrogens (tertiary/aromatic N) is 4. The van der Waals surface area contributed by atoms with Crippen LogP contribution >= 0.6 is 23.2 Å². The zero-order valence-corrected chi connectivity index (χ0v) is 16.7. The second-order valence-electron chi connectivity index (χ2n) is 6.70. The van der Waals surface area contributed by atoms with E-state index in [4.69, 9.17) is 23.2 Å². The minimum Gasteiger partial charge on any atom is -0.508 e. The van der Waals surface area contributed by atoms with Crippen LogP contribution in [0.3, 0.4) is 0 Å². The lowest BCUT2D eigenvalue weighted by atomic mass is 10.0. The molecule has 4 rings (SSSR count). The number of benzene rings is 2. The number of fused-ring (bicyclic) bond motifs is 1. The monoisotopic (exact) mass is 416 g/mol. The molecule has 1 saturated heterocycles. The fourth-order valence-corrected chi connectivity index (χ4v) is 3.96. The lowest BCUT2D eigenvalue weighted by molar-refractivity contribution is -0.129. The van der Waals surface area contributed by atoms with Gasteiger partial charge in [-0.2, -0.15) is 0 Å². The number of phenolic OH excluding ortho intramolecular Hbond substituents is 1. The second-order valence-corrected chi connectivity index (χ2v) is 7.52. The fourth-order valence-electron chi connectivity index (χ4n) is 3.47. The first kappa shape index (κ1) is 18.8. The number of hydrogen-bond acceptors (Lipinski definition) is 5. The average molecular weight is 417 g/mol. The minimum absolute atomic E-state index is 0.0860. The lowest BCUT2D eigenvalue weighted by Crippen LogP contribution is -2.48. The van der Waals surface area contributed by atoms with E-state index in [1.807, 2.05) is 17.0 Å². The summed E-state index contributed by atoms with van der Waals surface area (Å²) >= 11 is 12.9. The Bertz CT molecular complexity index is 1070. The van der Waals surface area contributed by atoms with Crippen molar-refractivity contribution >= 4 is 45.8 Å². The molecular weight excluding hydrogens is 399 g/mol. The number of anilines is 1. The molecule has 0 atom stereocenters. The molecule has 6 nitrogen and oxygen atoms in total. The standard InChI is InChI=1S/C20H18Cl2N4O2/c1-12(27)25-4-6-26(7-5-25)20-16-9-18(22)15(10-19(16)23-11-24-20)14-8-13(28)2-3-17(14)21/h2-3,8-11,28H,4-7H2,1H3. The third-order valence-corrected chi connectivity index (χ3v) is 5.61. The molecule has 2 aromatic carbocycles. The maximum absolute atomic E-state index is 11.6. The fraction of sp³-hybridized carbons (Fsp3) is 0.250. The summed E-state index contributed by atoms with van der Waals surface area (Å²) in [4.78, 5) is 24.4. The van der Waals surface area contributed by atoms with Gasteiger partial charge in [-0.25, -0.2) is 9.97 Å². The smallest absolute Gasteiger partial charge is 0.219 e. The van der Waals surface area contributed by atoms with Crippen LogP contribution in [0.15, 0.2) is 36.7 Å². The van der Waals surface area contributed by atoms with Crippen LogP contribution in [0.1, 0.15) is 6.92 Å². The van der Waals surface area contributed by atoms with Crippen molar-refractivity contribution in [2.75, 3.05) is 31.1 Å². The largest absolute Gasteiger partial charge is 0.508 e. The van der Waals surface area contributed by atoms with Crippen molar-refractivity contribution in [3.8, 4) is 16.9 Å². The Kier molecular flexibility index (Phi) is 5.00. The second kappa shape index (κ2) is 7.45. The topological polar surface area (TPSA) is 69.6 Å². The zero-order valence-electron chi connectivity index (χ0n) is 15.2. The van der Waals surface area contributed by atoms with Gasteiger partial charge in [-0.05, 0) is 30.3 Å². The number of amides is 1. The average Bonchev–Trinajstić information content (AvgIpc) is 2.69. The number of carbonyl (C=O) groups excluding carboxylic acids is 1. The molecule has 0 saturated carbocycles. The highest BCUT2D eigenvalue weighted by Gasteiger charge is 2.22. The van der Waals surface area contributed by atoms with Gasteiger partial charge in [0, 0.05) is 59.7 Å². The van der Waals surface area contributed by atoms with Crippen molar-refractivity contribution in [1.29, 1.82) is 0 Å². The van der Waals surface area contributed by atoms with Crippen LogP contribution in [-0.2, 0) is 4.79 Å². The Morgan fingerprint density at radius 3 is 2.43 bits per heavy atom. The number of carbonyl (C=O) groups is 1. The molecule has 8 heteroatoms. The summed E-state index contributed by atoms with van der Waals surface area (Å²) < 4.78 is 0. The summed E-state index contributed by atoms with van der Waals surface area (Å²) in [7, 11) is 0. The molecule has 1 aromatic heterocycles. The number of halogens is 2. The number of aromatic nitrogens is 2. The summed E-state index contributed by atoms with van der Waals surface area (Å²) in [5, 5.41) is 11.6. The first-order valence-corrected chi connectivity index (χ1v) is 9.63. The summed E-state index contributed by atoms with van der Waals surface area (Å²) in [6.07, 6.45) is 1.52. The van der Waals surface area contributed by atoms with Gasteiger partial charge in [0.15, 0.2) is 0 Å². The summed E-state index contributed by atoms with van der Waals surface area (Å²) in [5.41, 5.74) is 2.07. The molecule has 28 heavy (non-hydrogen) atoms. The van der Waals surface area contributed by atoms with Gasteiger partial charge in [-0.1, -0.05) is 23.2 Å². The molecule has 1 amide bonds. The van der Waals surface area contributed by atoms with Crippen LogP contribution in [0.5, 0.6) is 5.75 Å². The molecule has 0 unspecified atom stereocenters. The maximum Gasteiger partial charge on any atom is 0.219 e. The Morgan fingerprint density at radius 2 is 1.71 bits per heavy atom. The summed E-state index contributed by atoms with van der Waals surface area (Å²) in [6.45, 7) is 4.30. The normalized spacial score (nSPS) is 14.5. The predicted octanol–water partition coefficient (Wildman–Crippen LogP) is 3.98. The van der Waals surface area contributed by atoms with E-state index in [0.29, 0.717) is 47.4 Å². The van der Waals surface area contributed by atoms with Gasteiger partial charge in [0.25, 0.3) is 0 Å². The van der Waals surface area contributed by atoms with Crippen molar-refractivity contribution in [3.63, 3.8) is 0 Å². The molecule has 1 aliphatic rings. The molecule has 1 N–H and O–H groups in total. The van der Waals surface area contributed by atoms with Gasteiger partial charge in [0.05, 0.1) is 5.52 Å². The molecule has 0 spiro atoms. The van der Waals surface area contributed by atoms with E-state index in [1.165, 1.54) is 12.4 Å². The van der Waals surface area contributed by atoms with Crippen LogP contribution in [0.4, 0.5) is 5.82 Å². The lowest BCUT2D eigenvalue weighted by Gasteiger charge is -2.35. The third kappa shape index (κ3) is 3.45. The predicted molar refractivity (Wildman–Crippen MR) is 111 cm³/mol. The molecule has 1 aliphatic heterocycles. The summed E-state index contributed by atoms with van der Waals surface area (Å²) in [5.74, 6) is 0.994. The number of aromatic hydroxyl groups is 1. The first-order chi connectivity index (χ1) is 13.4. The van der Waals surface area contributed by atoms with Crippen LogP contribution in [-0.4, -0.2) is 52.1 Å². The highest BCUT2D eigenvalue weighted by atomic mass is 35.5. The van der Waals surface area contributed by atoms with Crippen LogP contribution in [0, 0.1) is 0 Å². The van der Waals surface area contributed by atoms with Crippen LogP contribution in [0.25, 0.3) is 22.0 Å². The Balaban J connectivity index is 1.75. The van der Waals surface area contributed by atoms with E-state index in [2.05, 4.69) is 14.9 Å². The molecule has 1 fully saturated rings. The minimum atomic E-state index is 0.0860. The van der Waals surface area contributed by atoms with Gasteiger partial charge in [-0.15, -0.1) is 0 Å². The maximum atomic E-state index is 11.6. The van der Waals surface area contributed by atoms with Crippen LogP contribution < -0.4 is 4.90 Å². The Morgan fingerprint density at radius 1 is 1.00 bits per heavy atom. The molecule has 0 radical (unpaired) electrons. The highest BCUT2D eigenvalue weighted by Crippen LogP contribution is 2.38. The number of rotatable bonds is 2. The zero-order chi connectivity index (χ0) is 19.8. The summed E-state index contributed by atoms with van der Waals surface area (Å²) in [6, 6.07) is 8.43. The molecule has 144 valence electrons. The van der Waals surface area contributed by atoms with Crippen molar-refractivity contribution < 1.29 is 9.90 Å². The van der Waals surface area contributed by atoms with Crippen molar-refractivity contribution in [1.82, 2.24) is 14.9 Å². The van der Waals surface area contributed by atoms with Crippen molar-refractivity contribution in [2.24, 2.45) is 0 Å². The Labute approximate surface area is 172 Å². The number of piperazine rings is 1. The quantitative estimate of drug-likeness (QED) is 0.683. The molecule has 0 bridgehead atoms. The van der Waals surface area contributed by atoms with Crippen molar-refractivity contribution in [3.05, 3.63) is 46.7 Å². The van der Waals surface area contributed by atoms with Gasteiger partial charge < -0.3 is 14.9 Å². The molecule has 0 aliphatic carbocycles. The van der Waals surface area contributed by atoms with Gasteiger partial charge in [0.2, 0.25) is 5.91 Å². The third-order valence-electron chi connectivity index (χ3n) is 4.97.